The van der Waals surface area contributed by atoms with Crippen LogP contribution in [0.4, 0.5) is 4.39 Å². The number of aryl methyl sites for hydroxylation is 1. The SMILES string of the molecule is CCC(N)(CC)c1nc(-c2ccc(C)c(F)c2)no1. The monoisotopic (exact) mass is 263 g/mol. The highest BCUT2D eigenvalue weighted by Crippen LogP contribution is 2.26. The summed E-state index contributed by atoms with van der Waals surface area (Å²) < 4.78 is 18.8. The van der Waals surface area contributed by atoms with Gasteiger partial charge in [-0.1, -0.05) is 31.1 Å². The molecule has 0 aliphatic carbocycles. The molecule has 4 nitrogen and oxygen atoms in total. The Kier molecular flexibility index (Phi) is 3.66. The van der Waals surface area contributed by atoms with E-state index >= 15 is 0 Å². The lowest BCUT2D eigenvalue weighted by atomic mass is 9.94. The van der Waals surface area contributed by atoms with E-state index in [1.165, 1.54) is 6.07 Å². The quantitative estimate of drug-likeness (QED) is 0.920. The van der Waals surface area contributed by atoms with E-state index in [9.17, 15) is 4.39 Å². The van der Waals surface area contributed by atoms with Crippen molar-refractivity contribution in [3.05, 3.63) is 35.5 Å². The van der Waals surface area contributed by atoms with Gasteiger partial charge in [0.15, 0.2) is 0 Å². The summed E-state index contributed by atoms with van der Waals surface area (Å²) in [5, 5.41) is 3.89. The summed E-state index contributed by atoms with van der Waals surface area (Å²) in [5.74, 6) is 0.480. The molecular weight excluding hydrogens is 245 g/mol. The van der Waals surface area contributed by atoms with Crippen molar-refractivity contribution in [3.63, 3.8) is 0 Å². The lowest BCUT2D eigenvalue weighted by Crippen LogP contribution is -2.35. The summed E-state index contributed by atoms with van der Waals surface area (Å²) in [6.07, 6.45) is 1.40. The molecule has 0 saturated heterocycles. The number of rotatable bonds is 4. The number of nitrogens with zero attached hydrogens (tertiary/aromatic N) is 2. The van der Waals surface area contributed by atoms with Crippen LogP contribution in [0, 0.1) is 12.7 Å². The molecule has 0 bridgehead atoms. The first-order valence-electron chi connectivity index (χ1n) is 6.39. The Balaban J connectivity index is 2.38. The molecule has 0 saturated carbocycles. The number of hydrogen-bond acceptors (Lipinski definition) is 4. The fourth-order valence-electron chi connectivity index (χ4n) is 1.83. The van der Waals surface area contributed by atoms with Gasteiger partial charge in [0.1, 0.15) is 5.82 Å². The predicted molar refractivity (Wildman–Crippen MR) is 70.9 cm³/mol. The molecule has 0 radical (unpaired) electrons. The van der Waals surface area contributed by atoms with E-state index in [0.29, 0.717) is 35.7 Å². The third kappa shape index (κ3) is 2.51. The first-order chi connectivity index (χ1) is 9.00. The summed E-state index contributed by atoms with van der Waals surface area (Å²) in [6, 6.07) is 4.86. The van der Waals surface area contributed by atoms with Crippen LogP contribution in [0.15, 0.2) is 22.7 Å². The van der Waals surface area contributed by atoms with Gasteiger partial charge in [0.25, 0.3) is 0 Å². The first-order valence-corrected chi connectivity index (χ1v) is 6.39. The van der Waals surface area contributed by atoms with Gasteiger partial charge in [0.2, 0.25) is 11.7 Å². The molecule has 2 rings (SSSR count). The Labute approximate surface area is 111 Å². The summed E-state index contributed by atoms with van der Waals surface area (Å²) in [4.78, 5) is 4.30. The number of aromatic nitrogens is 2. The van der Waals surface area contributed by atoms with Crippen molar-refractivity contribution >= 4 is 0 Å². The van der Waals surface area contributed by atoms with Crippen LogP contribution in [0.25, 0.3) is 11.4 Å². The Morgan fingerprint density at radius 1 is 1.32 bits per heavy atom. The molecule has 102 valence electrons. The van der Waals surface area contributed by atoms with E-state index in [-0.39, 0.29) is 5.82 Å². The standard InChI is InChI=1S/C14H18FN3O/c1-4-14(16,5-2)13-17-12(18-19-13)10-7-6-9(3)11(15)8-10/h6-8H,4-5,16H2,1-3H3. The van der Waals surface area contributed by atoms with Crippen molar-refractivity contribution in [1.82, 2.24) is 10.1 Å². The normalized spacial score (nSPS) is 11.8. The van der Waals surface area contributed by atoms with Crippen LogP contribution in [-0.4, -0.2) is 10.1 Å². The van der Waals surface area contributed by atoms with Crippen molar-refractivity contribution in [1.29, 1.82) is 0 Å². The molecule has 0 aliphatic rings. The van der Waals surface area contributed by atoms with Gasteiger partial charge >= 0.3 is 0 Å². The maximum absolute atomic E-state index is 13.5. The van der Waals surface area contributed by atoms with Crippen molar-refractivity contribution in [2.24, 2.45) is 5.73 Å². The zero-order valence-corrected chi connectivity index (χ0v) is 11.4. The van der Waals surface area contributed by atoms with Gasteiger partial charge in [-0.25, -0.2) is 4.39 Å². The number of hydrogen-bond donors (Lipinski definition) is 1. The van der Waals surface area contributed by atoms with Gasteiger partial charge in [0.05, 0.1) is 5.54 Å². The average molecular weight is 263 g/mol. The molecular formula is C14H18FN3O. The van der Waals surface area contributed by atoms with Gasteiger partial charge in [0, 0.05) is 5.56 Å². The van der Waals surface area contributed by atoms with Crippen LogP contribution in [0.2, 0.25) is 0 Å². The van der Waals surface area contributed by atoms with Crippen LogP contribution in [0.1, 0.15) is 38.1 Å². The second-order valence-corrected chi connectivity index (χ2v) is 4.75. The van der Waals surface area contributed by atoms with Crippen LogP contribution < -0.4 is 5.73 Å². The number of benzene rings is 1. The molecule has 0 spiro atoms. The Hall–Kier alpha value is -1.75. The highest BCUT2D eigenvalue weighted by molar-refractivity contribution is 5.55. The molecule has 19 heavy (non-hydrogen) atoms. The smallest absolute Gasteiger partial charge is 0.247 e. The van der Waals surface area contributed by atoms with Crippen LogP contribution >= 0.6 is 0 Å². The van der Waals surface area contributed by atoms with Crippen molar-refractivity contribution in [2.45, 2.75) is 39.2 Å². The van der Waals surface area contributed by atoms with Crippen LogP contribution in [0.3, 0.4) is 0 Å². The first kappa shape index (κ1) is 13.7. The number of halogens is 1. The van der Waals surface area contributed by atoms with E-state index in [0.717, 1.165) is 0 Å². The molecule has 0 atom stereocenters. The minimum Gasteiger partial charge on any atom is -0.337 e. The highest BCUT2D eigenvalue weighted by Gasteiger charge is 2.30. The fraction of sp³-hybridized carbons (Fsp3) is 0.429. The molecule has 1 aromatic heterocycles. The molecule has 2 N–H and O–H groups in total. The lowest BCUT2D eigenvalue weighted by Gasteiger charge is -2.20. The highest BCUT2D eigenvalue weighted by atomic mass is 19.1. The molecule has 0 aliphatic heterocycles. The van der Waals surface area contributed by atoms with E-state index in [1.807, 2.05) is 13.8 Å². The minimum atomic E-state index is -0.617. The molecule has 2 aromatic rings. The predicted octanol–water partition coefficient (Wildman–Crippen LogP) is 3.16. The molecule has 0 fully saturated rings. The summed E-state index contributed by atoms with van der Waals surface area (Å²) in [6.45, 7) is 5.65. The molecule has 1 aromatic carbocycles. The number of nitrogens with two attached hydrogens (primary N) is 1. The maximum Gasteiger partial charge on any atom is 0.247 e. The van der Waals surface area contributed by atoms with Crippen molar-refractivity contribution in [2.75, 3.05) is 0 Å². The Morgan fingerprint density at radius 2 is 2.00 bits per heavy atom. The van der Waals surface area contributed by atoms with E-state index < -0.39 is 5.54 Å². The Bertz CT molecular complexity index is 576. The van der Waals surface area contributed by atoms with E-state index in [2.05, 4.69) is 10.1 Å². The van der Waals surface area contributed by atoms with Gasteiger partial charge in [-0.2, -0.15) is 4.98 Å². The van der Waals surface area contributed by atoms with Crippen LogP contribution in [-0.2, 0) is 5.54 Å². The minimum absolute atomic E-state index is 0.283. The third-order valence-corrected chi connectivity index (χ3v) is 3.54. The summed E-state index contributed by atoms with van der Waals surface area (Å²) in [7, 11) is 0. The average Bonchev–Trinajstić information content (AvgIpc) is 2.91. The molecule has 0 amide bonds. The second kappa shape index (κ2) is 5.09. The zero-order chi connectivity index (χ0) is 14.0. The molecule has 5 heteroatoms. The topological polar surface area (TPSA) is 64.9 Å². The lowest BCUT2D eigenvalue weighted by molar-refractivity contribution is 0.268. The van der Waals surface area contributed by atoms with Gasteiger partial charge in [-0.15, -0.1) is 0 Å². The zero-order valence-electron chi connectivity index (χ0n) is 11.4. The summed E-state index contributed by atoms with van der Waals surface area (Å²) >= 11 is 0. The summed E-state index contributed by atoms with van der Waals surface area (Å²) in [5.41, 5.74) is 6.75. The van der Waals surface area contributed by atoms with Gasteiger partial charge < -0.3 is 10.3 Å². The molecule has 0 unspecified atom stereocenters. The second-order valence-electron chi connectivity index (χ2n) is 4.75. The fourth-order valence-corrected chi connectivity index (χ4v) is 1.83. The Morgan fingerprint density at radius 3 is 2.58 bits per heavy atom. The molecule has 1 heterocycles. The van der Waals surface area contributed by atoms with Gasteiger partial charge in [-0.05, 0) is 31.4 Å². The maximum atomic E-state index is 13.5. The van der Waals surface area contributed by atoms with Gasteiger partial charge in [-0.3, -0.25) is 0 Å². The van der Waals surface area contributed by atoms with E-state index in [4.69, 9.17) is 10.3 Å². The van der Waals surface area contributed by atoms with Crippen molar-refractivity contribution < 1.29 is 8.91 Å². The largest absolute Gasteiger partial charge is 0.337 e. The van der Waals surface area contributed by atoms with E-state index in [1.54, 1.807) is 19.1 Å². The van der Waals surface area contributed by atoms with Crippen LogP contribution in [0.5, 0.6) is 0 Å². The van der Waals surface area contributed by atoms with Crippen molar-refractivity contribution in [3.8, 4) is 11.4 Å². The third-order valence-electron chi connectivity index (χ3n) is 3.54.